The maximum absolute atomic E-state index is 11.5. The molecule has 3 nitrogen and oxygen atoms in total. The molecule has 0 saturated carbocycles. The van der Waals surface area contributed by atoms with E-state index in [0.29, 0.717) is 0 Å². The zero-order valence-corrected chi connectivity index (χ0v) is 8.29. The third-order valence-electron chi connectivity index (χ3n) is 2.39. The second-order valence-electron chi connectivity index (χ2n) is 3.58. The number of hydrogen-bond donors (Lipinski definition) is 1. The summed E-state index contributed by atoms with van der Waals surface area (Å²) in [6.45, 7) is 3.64. The average Bonchev–Trinajstić information content (AvgIpc) is 2.18. The van der Waals surface area contributed by atoms with Crippen molar-refractivity contribution in [2.24, 2.45) is 0 Å². The molecule has 1 fully saturated rings. The summed E-state index contributed by atoms with van der Waals surface area (Å²) >= 11 is 0. The first-order chi connectivity index (χ1) is 6.77. The molecule has 1 heterocycles. The Bertz CT molecular complexity index is 349. The highest BCUT2D eigenvalue weighted by molar-refractivity contribution is 5.92. The summed E-state index contributed by atoms with van der Waals surface area (Å²) in [6.07, 6.45) is 1.01. The molecule has 0 aromatic heterocycles. The van der Waals surface area contributed by atoms with Crippen LogP contribution >= 0.6 is 0 Å². The van der Waals surface area contributed by atoms with Gasteiger partial charge in [-0.3, -0.25) is 4.90 Å². The van der Waals surface area contributed by atoms with Crippen LogP contribution in [-0.4, -0.2) is 19.1 Å². The Hall–Kier alpha value is -1.51. The maximum Gasteiger partial charge on any atom is 0.321 e. The van der Waals surface area contributed by atoms with Crippen LogP contribution in [0.15, 0.2) is 24.3 Å². The zero-order chi connectivity index (χ0) is 9.97. The summed E-state index contributed by atoms with van der Waals surface area (Å²) in [4.78, 5) is 13.3. The van der Waals surface area contributed by atoms with Gasteiger partial charge in [0.15, 0.2) is 0 Å². The Morgan fingerprint density at radius 1 is 1.43 bits per heavy atom. The van der Waals surface area contributed by atoms with Gasteiger partial charge in [0.05, 0.1) is 0 Å². The monoisotopic (exact) mass is 190 g/mol. The molecule has 0 bridgehead atoms. The number of amides is 2. The minimum Gasteiger partial charge on any atom is -0.338 e. The second-order valence-corrected chi connectivity index (χ2v) is 3.58. The van der Waals surface area contributed by atoms with Gasteiger partial charge in [0.1, 0.15) is 0 Å². The van der Waals surface area contributed by atoms with Crippen LogP contribution in [0.2, 0.25) is 0 Å². The lowest BCUT2D eigenvalue weighted by molar-refractivity contribution is 0.243. The highest BCUT2D eigenvalue weighted by atomic mass is 16.2. The van der Waals surface area contributed by atoms with E-state index in [1.807, 2.05) is 31.2 Å². The Morgan fingerprint density at radius 3 is 3.00 bits per heavy atom. The van der Waals surface area contributed by atoms with Crippen LogP contribution in [0.4, 0.5) is 10.5 Å². The third-order valence-corrected chi connectivity index (χ3v) is 2.39. The van der Waals surface area contributed by atoms with Crippen molar-refractivity contribution in [1.29, 1.82) is 0 Å². The van der Waals surface area contributed by atoms with Crippen LogP contribution in [0.3, 0.4) is 0 Å². The average molecular weight is 190 g/mol. The van der Waals surface area contributed by atoms with E-state index in [1.54, 1.807) is 4.90 Å². The first-order valence-corrected chi connectivity index (χ1v) is 4.89. The number of aryl methyl sites for hydroxylation is 1. The van der Waals surface area contributed by atoms with Crippen molar-refractivity contribution in [2.45, 2.75) is 13.3 Å². The quantitative estimate of drug-likeness (QED) is 0.720. The SMILES string of the molecule is Cc1cccc(N2CCCNC2=O)c1. The van der Waals surface area contributed by atoms with Gasteiger partial charge in [-0.05, 0) is 31.0 Å². The normalized spacial score (nSPS) is 16.6. The molecule has 1 aromatic carbocycles. The van der Waals surface area contributed by atoms with Crippen molar-refractivity contribution in [3.05, 3.63) is 29.8 Å². The molecule has 2 rings (SSSR count). The summed E-state index contributed by atoms with van der Waals surface area (Å²) < 4.78 is 0. The number of hydrogen-bond acceptors (Lipinski definition) is 1. The number of carbonyl (C=O) groups excluding carboxylic acids is 1. The Balaban J connectivity index is 2.24. The number of nitrogens with one attached hydrogen (secondary N) is 1. The van der Waals surface area contributed by atoms with Crippen LogP contribution in [-0.2, 0) is 0 Å². The molecule has 1 aliphatic heterocycles. The summed E-state index contributed by atoms with van der Waals surface area (Å²) in [7, 11) is 0. The first kappa shape index (κ1) is 9.06. The minimum atomic E-state index is 0.0156. The van der Waals surface area contributed by atoms with Gasteiger partial charge in [-0.1, -0.05) is 12.1 Å². The van der Waals surface area contributed by atoms with Gasteiger partial charge in [-0.2, -0.15) is 0 Å². The molecule has 1 aromatic rings. The number of anilines is 1. The van der Waals surface area contributed by atoms with Crippen molar-refractivity contribution in [2.75, 3.05) is 18.0 Å². The van der Waals surface area contributed by atoms with Gasteiger partial charge in [0.2, 0.25) is 0 Å². The number of urea groups is 1. The molecular formula is C11H14N2O. The largest absolute Gasteiger partial charge is 0.338 e. The number of rotatable bonds is 1. The standard InChI is InChI=1S/C11H14N2O/c1-9-4-2-5-10(8-9)13-7-3-6-12-11(13)14/h2,4-5,8H,3,6-7H2,1H3,(H,12,14). The molecule has 1 aliphatic rings. The van der Waals surface area contributed by atoms with E-state index in [0.717, 1.165) is 25.2 Å². The molecule has 0 atom stereocenters. The van der Waals surface area contributed by atoms with E-state index in [-0.39, 0.29) is 6.03 Å². The summed E-state index contributed by atoms with van der Waals surface area (Å²) in [5, 5.41) is 2.84. The number of benzene rings is 1. The van der Waals surface area contributed by atoms with E-state index < -0.39 is 0 Å². The van der Waals surface area contributed by atoms with E-state index in [9.17, 15) is 4.79 Å². The molecule has 0 aliphatic carbocycles. The molecule has 1 N–H and O–H groups in total. The lowest BCUT2D eigenvalue weighted by Gasteiger charge is -2.27. The molecule has 3 heteroatoms. The van der Waals surface area contributed by atoms with Gasteiger partial charge < -0.3 is 5.32 Å². The Morgan fingerprint density at radius 2 is 2.29 bits per heavy atom. The van der Waals surface area contributed by atoms with Gasteiger partial charge in [0.25, 0.3) is 0 Å². The van der Waals surface area contributed by atoms with Gasteiger partial charge in [0, 0.05) is 18.8 Å². The van der Waals surface area contributed by atoms with Crippen LogP contribution in [0.1, 0.15) is 12.0 Å². The molecular weight excluding hydrogens is 176 g/mol. The zero-order valence-electron chi connectivity index (χ0n) is 8.29. The first-order valence-electron chi connectivity index (χ1n) is 4.89. The lowest BCUT2D eigenvalue weighted by Crippen LogP contribution is -2.46. The highest BCUT2D eigenvalue weighted by Gasteiger charge is 2.18. The predicted octanol–water partition coefficient (Wildman–Crippen LogP) is 1.91. The van der Waals surface area contributed by atoms with Crippen LogP contribution in [0.5, 0.6) is 0 Å². The maximum atomic E-state index is 11.5. The molecule has 74 valence electrons. The van der Waals surface area contributed by atoms with Gasteiger partial charge in [-0.25, -0.2) is 4.79 Å². The van der Waals surface area contributed by atoms with Crippen molar-refractivity contribution in [1.82, 2.24) is 5.32 Å². The number of carbonyl (C=O) groups is 1. The van der Waals surface area contributed by atoms with Crippen LogP contribution < -0.4 is 10.2 Å². The smallest absolute Gasteiger partial charge is 0.321 e. The summed E-state index contributed by atoms with van der Waals surface area (Å²) in [5.41, 5.74) is 2.17. The fourth-order valence-electron chi connectivity index (χ4n) is 1.67. The third kappa shape index (κ3) is 1.71. The molecule has 0 spiro atoms. The topological polar surface area (TPSA) is 32.3 Å². The van der Waals surface area contributed by atoms with Crippen molar-refractivity contribution in [3.8, 4) is 0 Å². The minimum absolute atomic E-state index is 0.0156. The van der Waals surface area contributed by atoms with Crippen molar-refractivity contribution >= 4 is 11.7 Å². The highest BCUT2D eigenvalue weighted by Crippen LogP contribution is 2.17. The van der Waals surface area contributed by atoms with Crippen LogP contribution in [0.25, 0.3) is 0 Å². The van der Waals surface area contributed by atoms with Crippen molar-refractivity contribution in [3.63, 3.8) is 0 Å². The Labute approximate surface area is 83.7 Å². The fourth-order valence-corrected chi connectivity index (χ4v) is 1.67. The molecule has 14 heavy (non-hydrogen) atoms. The van der Waals surface area contributed by atoms with E-state index in [4.69, 9.17) is 0 Å². The summed E-state index contributed by atoms with van der Waals surface area (Å²) in [5.74, 6) is 0. The number of nitrogens with zero attached hydrogens (tertiary/aromatic N) is 1. The van der Waals surface area contributed by atoms with Gasteiger partial charge >= 0.3 is 6.03 Å². The fraction of sp³-hybridized carbons (Fsp3) is 0.364. The van der Waals surface area contributed by atoms with Crippen molar-refractivity contribution < 1.29 is 4.79 Å². The van der Waals surface area contributed by atoms with Gasteiger partial charge in [-0.15, -0.1) is 0 Å². The lowest BCUT2D eigenvalue weighted by atomic mass is 10.2. The summed E-state index contributed by atoms with van der Waals surface area (Å²) in [6, 6.07) is 8.03. The van der Waals surface area contributed by atoms with E-state index >= 15 is 0 Å². The van der Waals surface area contributed by atoms with E-state index in [1.165, 1.54) is 5.56 Å². The van der Waals surface area contributed by atoms with E-state index in [2.05, 4.69) is 5.32 Å². The predicted molar refractivity (Wildman–Crippen MR) is 56.5 cm³/mol. The molecule has 1 saturated heterocycles. The second kappa shape index (κ2) is 3.70. The molecule has 2 amide bonds. The van der Waals surface area contributed by atoms with Crippen LogP contribution in [0, 0.1) is 6.92 Å². The molecule has 0 unspecified atom stereocenters. The molecule has 0 radical (unpaired) electrons. The Kier molecular flexibility index (Phi) is 2.39.